The van der Waals surface area contributed by atoms with Gasteiger partial charge in [0.25, 0.3) is 5.91 Å². The second kappa shape index (κ2) is 7.38. The minimum Gasteiger partial charge on any atom is -0.481 e. The van der Waals surface area contributed by atoms with Crippen LogP contribution in [0.1, 0.15) is 18.1 Å². The van der Waals surface area contributed by atoms with Gasteiger partial charge in [0, 0.05) is 23.2 Å². The van der Waals surface area contributed by atoms with Crippen LogP contribution in [0, 0.1) is 6.92 Å². The molecule has 0 radical (unpaired) electrons. The molecule has 5 nitrogen and oxygen atoms in total. The highest BCUT2D eigenvalue weighted by Gasteiger charge is 2.30. The Bertz CT molecular complexity index is 1090. The Morgan fingerprint density at radius 1 is 1.14 bits per heavy atom. The van der Waals surface area contributed by atoms with E-state index in [0.29, 0.717) is 5.58 Å². The zero-order chi connectivity index (χ0) is 20.5. The Balaban J connectivity index is 1.74. The lowest BCUT2D eigenvalue weighted by molar-refractivity contribution is -0.137. The lowest BCUT2D eigenvalue weighted by atomic mass is 10.1. The van der Waals surface area contributed by atoms with Gasteiger partial charge in [-0.3, -0.25) is 4.79 Å². The second-order valence-electron chi connectivity index (χ2n) is 6.23. The Labute approximate surface area is 157 Å². The molecule has 0 aliphatic carbocycles. The van der Waals surface area contributed by atoms with Gasteiger partial charge in [0.05, 0.1) is 5.56 Å². The number of rotatable bonds is 4. The number of hydrogen-bond donors (Lipinski definition) is 1. The summed E-state index contributed by atoms with van der Waals surface area (Å²) in [6.45, 7) is 3.23. The largest absolute Gasteiger partial charge is 0.481 e. The van der Waals surface area contributed by atoms with Crippen LogP contribution in [-0.4, -0.2) is 12.0 Å². The smallest absolute Gasteiger partial charge is 0.416 e. The van der Waals surface area contributed by atoms with E-state index in [9.17, 15) is 22.8 Å². The molecule has 0 saturated heterocycles. The van der Waals surface area contributed by atoms with Crippen molar-refractivity contribution in [2.24, 2.45) is 0 Å². The summed E-state index contributed by atoms with van der Waals surface area (Å²) in [5.74, 6) is -0.335. The molecule has 3 aromatic rings. The van der Waals surface area contributed by atoms with Crippen molar-refractivity contribution in [1.82, 2.24) is 0 Å². The van der Waals surface area contributed by atoms with Gasteiger partial charge in [0.15, 0.2) is 6.10 Å². The summed E-state index contributed by atoms with van der Waals surface area (Å²) in [6.07, 6.45) is -5.50. The lowest BCUT2D eigenvalue weighted by Crippen LogP contribution is -2.30. The van der Waals surface area contributed by atoms with Crippen LogP contribution >= 0.6 is 0 Å². The summed E-state index contributed by atoms with van der Waals surface area (Å²) >= 11 is 0. The van der Waals surface area contributed by atoms with Crippen LogP contribution in [0.4, 0.5) is 18.9 Å². The monoisotopic (exact) mass is 391 g/mol. The van der Waals surface area contributed by atoms with Gasteiger partial charge in [0.2, 0.25) is 0 Å². The molecule has 3 rings (SSSR count). The van der Waals surface area contributed by atoms with Gasteiger partial charge < -0.3 is 14.5 Å². The average Bonchev–Trinajstić information content (AvgIpc) is 2.60. The highest BCUT2D eigenvalue weighted by molar-refractivity contribution is 5.94. The first-order valence-corrected chi connectivity index (χ1v) is 8.33. The number of nitrogens with one attached hydrogen (secondary N) is 1. The van der Waals surface area contributed by atoms with E-state index in [1.807, 2.05) is 0 Å². The molecular weight excluding hydrogens is 375 g/mol. The zero-order valence-corrected chi connectivity index (χ0v) is 15.0. The molecule has 146 valence electrons. The fourth-order valence-corrected chi connectivity index (χ4v) is 2.65. The van der Waals surface area contributed by atoms with Crippen molar-refractivity contribution in [3.05, 3.63) is 70.1 Å². The molecule has 0 bridgehead atoms. The molecule has 0 saturated carbocycles. The third kappa shape index (κ3) is 4.33. The number of carbonyl (C=O) groups is 1. The molecule has 1 atom stereocenters. The van der Waals surface area contributed by atoms with Crippen LogP contribution in [0.3, 0.4) is 0 Å². The first kappa shape index (κ1) is 19.5. The highest BCUT2D eigenvalue weighted by atomic mass is 19.4. The van der Waals surface area contributed by atoms with E-state index in [0.717, 1.165) is 23.1 Å². The lowest BCUT2D eigenvalue weighted by Gasteiger charge is -2.16. The van der Waals surface area contributed by atoms with Crippen LogP contribution < -0.4 is 15.7 Å². The molecule has 1 N–H and O–H groups in total. The minimum absolute atomic E-state index is 0.00964. The maximum Gasteiger partial charge on any atom is 0.416 e. The summed E-state index contributed by atoms with van der Waals surface area (Å²) in [5.41, 5.74) is -0.298. The Morgan fingerprint density at radius 2 is 1.89 bits per heavy atom. The SMILES string of the molecule is Cc1cc(=O)oc2cc(O[C@H](C)C(=O)Nc3cccc(C(F)(F)F)c3)ccc12. The Kier molecular flexibility index (Phi) is 5.13. The number of amides is 1. The van der Waals surface area contributed by atoms with Crippen molar-refractivity contribution in [2.75, 3.05) is 5.32 Å². The normalized spacial score (nSPS) is 12.6. The molecular formula is C20H16F3NO4. The quantitative estimate of drug-likeness (QED) is 0.664. The molecule has 0 unspecified atom stereocenters. The van der Waals surface area contributed by atoms with E-state index in [4.69, 9.17) is 9.15 Å². The topological polar surface area (TPSA) is 68.5 Å². The van der Waals surface area contributed by atoms with Crippen molar-refractivity contribution in [3.63, 3.8) is 0 Å². The van der Waals surface area contributed by atoms with Crippen molar-refractivity contribution in [1.29, 1.82) is 0 Å². The van der Waals surface area contributed by atoms with E-state index in [2.05, 4.69) is 5.32 Å². The number of hydrogen-bond acceptors (Lipinski definition) is 4. The summed E-state index contributed by atoms with van der Waals surface area (Å²) < 4.78 is 49.0. The molecule has 0 aliphatic rings. The average molecular weight is 391 g/mol. The highest BCUT2D eigenvalue weighted by Crippen LogP contribution is 2.30. The van der Waals surface area contributed by atoms with E-state index in [1.54, 1.807) is 19.1 Å². The molecule has 1 heterocycles. The van der Waals surface area contributed by atoms with Crippen molar-refractivity contribution in [3.8, 4) is 5.75 Å². The third-order valence-corrected chi connectivity index (χ3v) is 4.06. The van der Waals surface area contributed by atoms with Crippen LogP contribution in [0.15, 0.2) is 57.7 Å². The maximum absolute atomic E-state index is 12.8. The van der Waals surface area contributed by atoms with Crippen molar-refractivity contribution in [2.45, 2.75) is 26.1 Å². The van der Waals surface area contributed by atoms with E-state index in [1.165, 1.54) is 31.2 Å². The standard InChI is InChI=1S/C20H16F3NO4/c1-11-8-18(25)28-17-10-15(6-7-16(11)17)27-12(2)19(26)24-14-5-3-4-13(9-14)20(21,22)23/h3-10,12H,1-2H3,(H,24,26)/t12-/m1/s1. The van der Waals surface area contributed by atoms with Crippen LogP contribution in [0.5, 0.6) is 5.75 Å². The van der Waals surface area contributed by atoms with Gasteiger partial charge in [-0.25, -0.2) is 4.79 Å². The number of benzene rings is 2. The number of ether oxygens (including phenoxy) is 1. The molecule has 1 amide bonds. The van der Waals surface area contributed by atoms with Gasteiger partial charge in [0.1, 0.15) is 11.3 Å². The van der Waals surface area contributed by atoms with Crippen LogP contribution in [0.2, 0.25) is 0 Å². The number of carbonyl (C=O) groups excluding carboxylic acids is 1. The molecule has 0 aliphatic heterocycles. The Hall–Kier alpha value is -3.29. The van der Waals surface area contributed by atoms with E-state index in [-0.39, 0.29) is 11.4 Å². The molecule has 8 heteroatoms. The summed E-state index contributed by atoms with van der Waals surface area (Å²) in [4.78, 5) is 23.8. The second-order valence-corrected chi connectivity index (χ2v) is 6.23. The van der Waals surface area contributed by atoms with Gasteiger partial charge in [-0.1, -0.05) is 6.07 Å². The predicted molar refractivity (Wildman–Crippen MR) is 97.4 cm³/mol. The number of anilines is 1. The van der Waals surface area contributed by atoms with Crippen LogP contribution in [0.25, 0.3) is 11.0 Å². The first-order valence-electron chi connectivity index (χ1n) is 8.33. The summed E-state index contributed by atoms with van der Waals surface area (Å²) in [5, 5.41) is 3.12. The van der Waals surface area contributed by atoms with E-state index >= 15 is 0 Å². The van der Waals surface area contributed by atoms with Crippen LogP contribution in [-0.2, 0) is 11.0 Å². The minimum atomic E-state index is -4.50. The first-order chi connectivity index (χ1) is 13.1. The van der Waals surface area contributed by atoms with Crippen molar-refractivity contribution >= 4 is 22.6 Å². The summed E-state index contributed by atoms with van der Waals surface area (Å²) in [7, 11) is 0. The van der Waals surface area contributed by atoms with Gasteiger partial charge in [-0.05, 0) is 49.7 Å². The number of halogens is 3. The fraction of sp³-hybridized carbons (Fsp3) is 0.200. The summed E-state index contributed by atoms with van der Waals surface area (Å²) in [6, 6.07) is 10.5. The maximum atomic E-state index is 12.8. The molecule has 28 heavy (non-hydrogen) atoms. The number of fused-ring (bicyclic) bond motifs is 1. The molecule has 0 spiro atoms. The molecule has 0 fully saturated rings. The van der Waals surface area contributed by atoms with Gasteiger partial charge in [-0.2, -0.15) is 13.2 Å². The Morgan fingerprint density at radius 3 is 2.61 bits per heavy atom. The third-order valence-electron chi connectivity index (χ3n) is 4.06. The zero-order valence-electron chi connectivity index (χ0n) is 15.0. The van der Waals surface area contributed by atoms with E-state index < -0.39 is 29.4 Å². The predicted octanol–water partition coefficient (Wildman–Crippen LogP) is 4.53. The molecule has 1 aromatic heterocycles. The number of aryl methyl sites for hydroxylation is 1. The van der Waals surface area contributed by atoms with Gasteiger partial charge in [-0.15, -0.1) is 0 Å². The fourth-order valence-electron chi connectivity index (χ4n) is 2.65. The molecule has 2 aromatic carbocycles. The van der Waals surface area contributed by atoms with Crippen molar-refractivity contribution < 1.29 is 27.1 Å². The number of alkyl halides is 3. The van der Waals surface area contributed by atoms with Gasteiger partial charge >= 0.3 is 11.8 Å².